The summed E-state index contributed by atoms with van der Waals surface area (Å²) in [5.74, 6) is 0.765. The van der Waals surface area contributed by atoms with Crippen molar-refractivity contribution in [2.24, 2.45) is 0 Å². The fourth-order valence-corrected chi connectivity index (χ4v) is 5.84. The second-order valence-electron chi connectivity index (χ2n) is 9.78. The van der Waals surface area contributed by atoms with Crippen molar-refractivity contribution in [3.05, 3.63) is 58.9 Å². The van der Waals surface area contributed by atoms with Gasteiger partial charge in [0.05, 0.1) is 35.7 Å². The number of fused-ring (bicyclic) bond motifs is 1. The SMILES string of the molecule is Cc1ccc(Nc2nc(Nc3ccc4cnn(CC(C)(C)O)c4c3)ncc2Cl)c(P(C)(C)=O)c1C. The molecule has 2 aromatic carbocycles. The lowest BCUT2D eigenvalue weighted by Gasteiger charge is -2.19. The average molecular weight is 513 g/mol. The maximum atomic E-state index is 13.1. The fraction of sp³-hybridized carbons (Fsp3) is 0.320. The predicted octanol–water partition coefficient (Wildman–Crippen LogP) is 5.60. The summed E-state index contributed by atoms with van der Waals surface area (Å²) >= 11 is 6.41. The van der Waals surface area contributed by atoms with E-state index in [4.69, 9.17) is 11.6 Å². The van der Waals surface area contributed by atoms with Crippen LogP contribution in [0.2, 0.25) is 5.02 Å². The van der Waals surface area contributed by atoms with Gasteiger partial charge in [-0.3, -0.25) is 4.68 Å². The van der Waals surface area contributed by atoms with Crippen LogP contribution in [0.1, 0.15) is 25.0 Å². The van der Waals surface area contributed by atoms with E-state index in [2.05, 4.69) is 25.7 Å². The molecule has 2 aromatic heterocycles. The molecule has 184 valence electrons. The van der Waals surface area contributed by atoms with E-state index in [0.717, 1.165) is 33.0 Å². The molecule has 0 aliphatic rings. The Balaban J connectivity index is 1.65. The summed E-state index contributed by atoms with van der Waals surface area (Å²) in [7, 11) is -2.57. The van der Waals surface area contributed by atoms with Crippen molar-refractivity contribution in [1.82, 2.24) is 19.7 Å². The number of nitrogens with zero attached hydrogens (tertiary/aromatic N) is 4. The van der Waals surface area contributed by atoms with Crippen LogP contribution in [0.4, 0.5) is 23.1 Å². The molecule has 0 atom stereocenters. The minimum absolute atomic E-state index is 0.348. The molecular formula is C25H30ClN6O2P. The third kappa shape index (κ3) is 5.67. The van der Waals surface area contributed by atoms with Crippen molar-refractivity contribution in [2.45, 2.75) is 39.8 Å². The second kappa shape index (κ2) is 9.26. The van der Waals surface area contributed by atoms with Crippen LogP contribution in [0.3, 0.4) is 0 Å². The van der Waals surface area contributed by atoms with Gasteiger partial charge < -0.3 is 20.3 Å². The Morgan fingerprint density at radius 3 is 2.54 bits per heavy atom. The number of aromatic nitrogens is 4. The maximum Gasteiger partial charge on any atom is 0.229 e. The number of aryl methyl sites for hydroxylation is 1. The van der Waals surface area contributed by atoms with Gasteiger partial charge in [-0.1, -0.05) is 17.7 Å². The Bertz CT molecular complexity index is 1450. The van der Waals surface area contributed by atoms with Crippen molar-refractivity contribution in [3.63, 3.8) is 0 Å². The van der Waals surface area contributed by atoms with Gasteiger partial charge in [0, 0.05) is 16.4 Å². The zero-order valence-corrected chi connectivity index (χ0v) is 22.4. The Hall–Kier alpha value is -2.93. The first-order valence-electron chi connectivity index (χ1n) is 11.2. The van der Waals surface area contributed by atoms with Gasteiger partial charge in [0.1, 0.15) is 12.2 Å². The largest absolute Gasteiger partial charge is 0.389 e. The molecule has 4 rings (SSSR count). The van der Waals surface area contributed by atoms with Gasteiger partial charge in [-0.2, -0.15) is 10.1 Å². The molecule has 4 aromatic rings. The summed E-state index contributed by atoms with van der Waals surface area (Å²) < 4.78 is 14.8. The zero-order chi connectivity index (χ0) is 25.5. The highest BCUT2D eigenvalue weighted by molar-refractivity contribution is 7.70. The summed E-state index contributed by atoms with van der Waals surface area (Å²) in [4.78, 5) is 8.89. The first kappa shape index (κ1) is 25.2. The molecule has 10 heteroatoms. The lowest BCUT2D eigenvalue weighted by atomic mass is 10.1. The van der Waals surface area contributed by atoms with E-state index in [9.17, 15) is 9.67 Å². The van der Waals surface area contributed by atoms with Crippen LogP contribution in [0, 0.1) is 13.8 Å². The smallest absolute Gasteiger partial charge is 0.229 e. The van der Waals surface area contributed by atoms with Gasteiger partial charge in [-0.15, -0.1) is 0 Å². The maximum absolute atomic E-state index is 13.1. The lowest BCUT2D eigenvalue weighted by molar-refractivity contribution is 0.0591. The van der Waals surface area contributed by atoms with E-state index < -0.39 is 12.7 Å². The highest BCUT2D eigenvalue weighted by Gasteiger charge is 2.21. The van der Waals surface area contributed by atoms with Crippen LogP contribution in [-0.2, 0) is 11.1 Å². The Kier molecular flexibility index (Phi) is 6.66. The Labute approximate surface area is 210 Å². The molecule has 3 N–H and O–H groups in total. The van der Waals surface area contributed by atoms with Crippen molar-refractivity contribution in [1.29, 1.82) is 0 Å². The molecule has 0 saturated carbocycles. The van der Waals surface area contributed by atoms with Crippen LogP contribution >= 0.6 is 18.7 Å². The summed E-state index contributed by atoms with van der Waals surface area (Å²) in [6, 6.07) is 9.68. The molecule has 0 bridgehead atoms. The number of hydrogen-bond acceptors (Lipinski definition) is 7. The number of aliphatic hydroxyl groups is 1. The molecule has 0 aliphatic carbocycles. The van der Waals surface area contributed by atoms with Crippen LogP contribution in [0.25, 0.3) is 10.9 Å². The third-order valence-corrected chi connectivity index (χ3v) is 7.60. The van der Waals surface area contributed by atoms with Crippen molar-refractivity contribution >= 4 is 58.1 Å². The Morgan fingerprint density at radius 2 is 1.86 bits per heavy atom. The van der Waals surface area contributed by atoms with E-state index in [0.29, 0.717) is 29.0 Å². The first-order chi connectivity index (χ1) is 16.3. The minimum atomic E-state index is -2.57. The van der Waals surface area contributed by atoms with Gasteiger partial charge in [0.2, 0.25) is 5.95 Å². The van der Waals surface area contributed by atoms with E-state index in [-0.39, 0.29) is 0 Å². The number of nitrogens with one attached hydrogen (secondary N) is 2. The molecule has 8 nitrogen and oxygen atoms in total. The molecule has 0 unspecified atom stereocenters. The third-order valence-electron chi connectivity index (χ3n) is 5.68. The fourth-order valence-electron chi connectivity index (χ4n) is 4.01. The van der Waals surface area contributed by atoms with E-state index in [1.54, 1.807) is 38.1 Å². The monoisotopic (exact) mass is 512 g/mol. The quantitative estimate of drug-likeness (QED) is 0.277. The lowest BCUT2D eigenvalue weighted by Crippen LogP contribution is -2.26. The zero-order valence-electron chi connectivity index (χ0n) is 20.7. The summed E-state index contributed by atoms with van der Waals surface area (Å²) in [5, 5.41) is 23.2. The number of anilines is 4. The molecule has 0 aliphatic heterocycles. The van der Waals surface area contributed by atoms with Crippen LogP contribution in [0.15, 0.2) is 42.7 Å². The van der Waals surface area contributed by atoms with Crippen molar-refractivity contribution < 1.29 is 9.67 Å². The molecule has 0 saturated heterocycles. The van der Waals surface area contributed by atoms with E-state index in [1.807, 2.05) is 44.2 Å². The summed E-state index contributed by atoms with van der Waals surface area (Å²) in [6.07, 6.45) is 3.29. The molecule has 0 radical (unpaired) electrons. The standard InChI is InChI=1S/C25H30ClN6O2P/c1-15-7-10-20(22(16(15)2)35(5,6)34)30-23-19(26)13-27-24(31-23)29-18-9-8-17-12-28-32(21(17)11-18)14-25(3,4)33/h7-13,33H,14H2,1-6H3,(H2,27,29,30,31). The molecule has 35 heavy (non-hydrogen) atoms. The molecule has 0 spiro atoms. The molecule has 0 fully saturated rings. The Morgan fingerprint density at radius 1 is 1.11 bits per heavy atom. The molecule has 2 heterocycles. The van der Waals surface area contributed by atoms with Crippen LogP contribution < -0.4 is 15.9 Å². The van der Waals surface area contributed by atoms with Gasteiger partial charge in [0.25, 0.3) is 0 Å². The second-order valence-corrected chi connectivity index (χ2v) is 13.3. The van der Waals surface area contributed by atoms with Gasteiger partial charge >= 0.3 is 0 Å². The van der Waals surface area contributed by atoms with Crippen LogP contribution in [0.5, 0.6) is 0 Å². The van der Waals surface area contributed by atoms with Gasteiger partial charge in [-0.25, -0.2) is 4.98 Å². The molecular weight excluding hydrogens is 483 g/mol. The highest BCUT2D eigenvalue weighted by atomic mass is 35.5. The number of benzene rings is 2. The number of hydrogen-bond donors (Lipinski definition) is 3. The van der Waals surface area contributed by atoms with E-state index in [1.165, 1.54) is 6.20 Å². The van der Waals surface area contributed by atoms with E-state index >= 15 is 0 Å². The summed E-state index contributed by atoms with van der Waals surface area (Å²) in [5.41, 5.74) is 3.53. The van der Waals surface area contributed by atoms with Crippen molar-refractivity contribution in [2.75, 3.05) is 24.0 Å². The topological polar surface area (TPSA) is 105 Å². The van der Waals surface area contributed by atoms with Crippen molar-refractivity contribution in [3.8, 4) is 0 Å². The number of halogens is 1. The molecule has 0 amide bonds. The highest BCUT2D eigenvalue weighted by Crippen LogP contribution is 2.41. The van der Waals surface area contributed by atoms with Gasteiger partial charge in [0.15, 0.2) is 5.82 Å². The summed E-state index contributed by atoms with van der Waals surface area (Å²) in [6.45, 7) is 11.3. The van der Waals surface area contributed by atoms with Crippen LogP contribution in [-0.4, -0.2) is 43.8 Å². The van der Waals surface area contributed by atoms with Gasteiger partial charge in [-0.05, 0) is 76.4 Å². The minimum Gasteiger partial charge on any atom is -0.389 e. The normalized spacial score (nSPS) is 12.2. The predicted molar refractivity (Wildman–Crippen MR) is 145 cm³/mol. The first-order valence-corrected chi connectivity index (χ1v) is 14.2. The average Bonchev–Trinajstić information content (AvgIpc) is 3.12. The number of rotatable bonds is 7.